The molecule has 0 spiro atoms. The Kier molecular flexibility index (Phi) is 6.17. The van der Waals surface area contributed by atoms with Crippen LogP contribution in [0.5, 0.6) is 0 Å². The number of aryl methyl sites for hydroxylation is 2. The Morgan fingerprint density at radius 3 is 2.47 bits per heavy atom. The van der Waals surface area contributed by atoms with E-state index in [1.165, 1.54) is 6.07 Å². The summed E-state index contributed by atoms with van der Waals surface area (Å²) in [5.74, 6) is 1.40. The highest BCUT2D eigenvalue weighted by Crippen LogP contribution is 2.34. The number of nitrogens with one attached hydrogen (secondary N) is 1. The first kappa shape index (κ1) is 22.6. The number of nitrogens with zero attached hydrogens (tertiary/aromatic N) is 2. The quantitative estimate of drug-likeness (QED) is 0.548. The number of carbonyl (C=O) groups excluding carboxylic acids is 2. The van der Waals surface area contributed by atoms with Gasteiger partial charge in [-0.1, -0.05) is 0 Å². The fourth-order valence-electron chi connectivity index (χ4n) is 3.54. The molecule has 2 aromatic heterocycles. The van der Waals surface area contributed by atoms with E-state index in [-0.39, 0.29) is 10.7 Å². The van der Waals surface area contributed by atoms with Gasteiger partial charge in [0.15, 0.2) is 0 Å². The first-order valence-electron chi connectivity index (χ1n) is 9.91. The molecule has 2 amide bonds. The molecule has 1 N–H and O–H groups in total. The normalized spacial score (nSPS) is 14.6. The topological polar surface area (TPSA) is 62.3 Å². The molecule has 4 rings (SSSR count). The zero-order chi connectivity index (χ0) is 23.0. The molecule has 1 aromatic carbocycles. The van der Waals surface area contributed by atoms with Gasteiger partial charge in [-0.2, -0.15) is 24.9 Å². The number of hydrogen-bond acceptors (Lipinski definition) is 5. The number of hydrogen-bond donors (Lipinski definition) is 1. The van der Waals surface area contributed by atoms with E-state index >= 15 is 0 Å². The zero-order valence-corrected chi connectivity index (χ0v) is 19.0. The molecule has 1 aliphatic heterocycles. The van der Waals surface area contributed by atoms with Gasteiger partial charge < -0.3 is 10.2 Å². The number of pyridine rings is 1. The van der Waals surface area contributed by atoms with Gasteiger partial charge in [-0.15, -0.1) is 11.3 Å². The van der Waals surface area contributed by atoms with Gasteiger partial charge in [0.1, 0.15) is 10.5 Å². The standard InChI is InChI=1S/C22H20F3N3O2S2/c1-12-11-14(21(30)28-7-9-31-10-8-28)3-5-16(12)26-19(29)18-13(2)15-4-6-17(22(23,24)25)27-20(15)32-18/h3-6,11H,7-10H2,1-2H3,(H,26,29). The first-order valence-corrected chi connectivity index (χ1v) is 11.9. The molecule has 0 atom stereocenters. The van der Waals surface area contributed by atoms with Gasteiger partial charge in [0.2, 0.25) is 0 Å². The van der Waals surface area contributed by atoms with Gasteiger partial charge >= 0.3 is 6.18 Å². The van der Waals surface area contributed by atoms with Crippen LogP contribution in [0, 0.1) is 13.8 Å². The van der Waals surface area contributed by atoms with Crippen molar-refractivity contribution in [2.45, 2.75) is 20.0 Å². The molecule has 3 heterocycles. The molecule has 0 saturated carbocycles. The predicted octanol–water partition coefficient (Wildman–Crippen LogP) is 5.37. The van der Waals surface area contributed by atoms with Crippen molar-refractivity contribution < 1.29 is 22.8 Å². The number of thioether (sulfide) groups is 1. The molecule has 32 heavy (non-hydrogen) atoms. The number of halogens is 3. The van der Waals surface area contributed by atoms with Gasteiger partial charge in [-0.05, 0) is 55.3 Å². The van der Waals surface area contributed by atoms with Crippen molar-refractivity contribution in [2.75, 3.05) is 29.9 Å². The first-order chi connectivity index (χ1) is 15.1. The molecule has 0 aliphatic carbocycles. The Morgan fingerprint density at radius 2 is 1.81 bits per heavy atom. The Morgan fingerprint density at radius 1 is 1.09 bits per heavy atom. The Hall–Kier alpha value is -2.59. The van der Waals surface area contributed by atoms with E-state index in [2.05, 4.69) is 10.3 Å². The minimum absolute atomic E-state index is 0.0295. The van der Waals surface area contributed by atoms with E-state index in [0.29, 0.717) is 27.1 Å². The highest BCUT2D eigenvalue weighted by Gasteiger charge is 2.33. The summed E-state index contributed by atoms with van der Waals surface area (Å²) in [6.45, 7) is 4.92. The van der Waals surface area contributed by atoms with Gasteiger partial charge in [0.25, 0.3) is 11.8 Å². The second-order valence-corrected chi connectivity index (χ2v) is 9.72. The number of fused-ring (bicyclic) bond motifs is 1. The summed E-state index contributed by atoms with van der Waals surface area (Å²) in [6, 6.07) is 7.38. The highest BCUT2D eigenvalue weighted by atomic mass is 32.2. The molecule has 1 aliphatic rings. The van der Waals surface area contributed by atoms with E-state index < -0.39 is 17.8 Å². The second kappa shape index (κ2) is 8.74. The summed E-state index contributed by atoms with van der Waals surface area (Å²) in [5, 5.41) is 3.33. The third-order valence-electron chi connectivity index (χ3n) is 5.32. The Balaban J connectivity index is 1.55. The third-order valence-corrected chi connectivity index (χ3v) is 7.46. The predicted molar refractivity (Wildman–Crippen MR) is 122 cm³/mol. The smallest absolute Gasteiger partial charge is 0.337 e. The van der Waals surface area contributed by atoms with E-state index in [1.54, 1.807) is 32.0 Å². The lowest BCUT2D eigenvalue weighted by molar-refractivity contribution is -0.140. The van der Waals surface area contributed by atoms with Crippen LogP contribution in [0.2, 0.25) is 0 Å². The van der Waals surface area contributed by atoms with Crippen LogP contribution in [0.4, 0.5) is 18.9 Å². The van der Waals surface area contributed by atoms with E-state index in [1.807, 2.05) is 16.7 Å². The van der Waals surface area contributed by atoms with Crippen molar-refractivity contribution in [3.63, 3.8) is 0 Å². The van der Waals surface area contributed by atoms with Crippen LogP contribution in [-0.2, 0) is 6.18 Å². The lowest BCUT2D eigenvalue weighted by Gasteiger charge is -2.26. The molecule has 10 heteroatoms. The molecule has 0 unspecified atom stereocenters. The van der Waals surface area contributed by atoms with Crippen LogP contribution >= 0.6 is 23.1 Å². The van der Waals surface area contributed by atoms with Crippen molar-refractivity contribution in [2.24, 2.45) is 0 Å². The van der Waals surface area contributed by atoms with Crippen LogP contribution in [0.3, 0.4) is 0 Å². The molecule has 5 nitrogen and oxygen atoms in total. The zero-order valence-electron chi connectivity index (χ0n) is 17.4. The molecular weight excluding hydrogens is 459 g/mol. The number of amides is 2. The summed E-state index contributed by atoms with van der Waals surface area (Å²) in [4.78, 5) is 31.5. The van der Waals surface area contributed by atoms with E-state index in [4.69, 9.17) is 0 Å². The van der Waals surface area contributed by atoms with Gasteiger partial charge in [0.05, 0.1) is 4.88 Å². The summed E-state index contributed by atoms with van der Waals surface area (Å²) in [5.41, 5.74) is 1.43. The van der Waals surface area contributed by atoms with Crippen LogP contribution < -0.4 is 5.32 Å². The average Bonchev–Trinajstić information content (AvgIpc) is 3.10. The summed E-state index contributed by atoms with van der Waals surface area (Å²) >= 11 is 2.75. The number of rotatable bonds is 3. The largest absolute Gasteiger partial charge is 0.433 e. The molecule has 0 bridgehead atoms. The maximum atomic E-state index is 13.0. The van der Waals surface area contributed by atoms with Crippen molar-refractivity contribution in [1.82, 2.24) is 9.88 Å². The second-order valence-electron chi connectivity index (χ2n) is 7.49. The maximum Gasteiger partial charge on any atom is 0.433 e. The number of benzene rings is 1. The number of carbonyl (C=O) groups is 2. The lowest BCUT2D eigenvalue weighted by atomic mass is 10.1. The van der Waals surface area contributed by atoms with E-state index in [9.17, 15) is 22.8 Å². The lowest BCUT2D eigenvalue weighted by Crippen LogP contribution is -2.37. The van der Waals surface area contributed by atoms with Crippen LogP contribution in [-0.4, -0.2) is 46.3 Å². The number of alkyl halides is 3. The molecule has 1 fully saturated rings. The van der Waals surface area contributed by atoms with Crippen molar-refractivity contribution in [3.05, 3.63) is 57.6 Å². The molecule has 168 valence electrons. The van der Waals surface area contributed by atoms with Gasteiger partial charge in [0, 0.05) is 41.2 Å². The summed E-state index contributed by atoms with van der Waals surface area (Å²) in [6.07, 6.45) is -4.54. The Bertz CT molecular complexity index is 1200. The molecule has 3 aromatic rings. The Labute approximate surface area is 191 Å². The van der Waals surface area contributed by atoms with Gasteiger partial charge in [-0.3, -0.25) is 9.59 Å². The molecule has 0 radical (unpaired) electrons. The van der Waals surface area contributed by atoms with Crippen molar-refractivity contribution in [1.29, 1.82) is 0 Å². The van der Waals surface area contributed by atoms with Crippen LogP contribution in [0.15, 0.2) is 30.3 Å². The minimum Gasteiger partial charge on any atom is -0.337 e. The van der Waals surface area contributed by atoms with Gasteiger partial charge in [-0.25, -0.2) is 4.98 Å². The number of anilines is 1. The fraction of sp³-hybridized carbons (Fsp3) is 0.318. The number of thiophene rings is 1. The maximum absolute atomic E-state index is 13.0. The monoisotopic (exact) mass is 479 g/mol. The SMILES string of the molecule is Cc1cc(C(=O)N2CCSCC2)ccc1NC(=O)c1sc2nc(C(F)(F)F)ccc2c1C. The van der Waals surface area contributed by atoms with Crippen LogP contribution in [0.1, 0.15) is 36.9 Å². The fourth-order valence-corrected chi connectivity index (χ4v) is 5.52. The van der Waals surface area contributed by atoms with Crippen LogP contribution in [0.25, 0.3) is 10.2 Å². The molecular formula is C22H20F3N3O2S2. The average molecular weight is 480 g/mol. The van der Waals surface area contributed by atoms with Crippen molar-refractivity contribution >= 4 is 50.8 Å². The summed E-state index contributed by atoms with van der Waals surface area (Å²) in [7, 11) is 0. The molecule has 1 saturated heterocycles. The van der Waals surface area contributed by atoms with E-state index in [0.717, 1.165) is 47.6 Å². The summed E-state index contributed by atoms with van der Waals surface area (Å²) < 4.78 is 38.9. The minimum atomic E-state index is -4.54. The number of aromatic nitrogens is 1. The third kappa shape index (κ3) is 4.47. The van der Waals surface area contributed by atoms with Crippen molar-refractivity contribution in [3.8, 4) is 0 Å². The highest BCUT2D eigenvalue weighted by molar-refractivity contribution is 7.99.